The molecule has 11 heteroatoms. The second-order valence-corrected chi connectivity index (χ2v) is 10.6. The number of amides is 2. The number of ketones is 1. The van der Waals surface area contributed by atoms with Crippen molar-refractivity contribution in [1.82, 2.24) is 10.6 Å². The Bertz CT molecular complexity index is 1470. The molecule has 7 nitrogen and oxygen atoms in total. The number of Topliss-reactive ketones (excluding diaryl/α,β-unsaturated/α-hetero) is 1. The lowest BCUT2D eigenvalue weighted by molar-refractivity contribution is -0.121. The molecule has 208 valence electrons. The van der Waals surface area contributed by atoms with Crippen molar-refractivity contribution in [3.63, 3.8) is 0 Å². The van der Waals surface area contributed by atoms with Gasteiger partial charge < -0.3 is 15.4 Å². The molecule has 0 saturated heterocycles. The maximum absolute atomic E-state index is 13.5. The van der Waals surface area contributed by atoms with Crippen molar-refractivity contribution in [3.05, 3.63) is 96.9 Å². The Labute approximate surface area is 251 Å². The van der Waals surface area contributed by atoms with Gasteiger partial charge in [0, 0.05) is 40.6 Å². The number of nitrogens with zero attached hydrogens (tertiary/aromatic N) is 1. The van der Waals surface area contributed by atoms with Gasteiger partial charge in [0.2, 0.25) is 5.91 Å². The predicted octanol–water partition coefficient (Wildman–Crippen LogP) is 6.31. The van der Waals surface area contributed by atoms with Gasteiger partial charge in [0.25, 0.3) is 5.91 Å². The van der Waals surface area contributed by atoms with Crippen molar-refractivity contribution < 1.29 is 19.1 Å². The first-order valence-electron chi connectivity index (χ1n) is 12.5. The summed E-state index contributed by atoms with van der Waals surface area (Å²) < 4.78 is 5.81. The van der Waals surface area contributed by atoms with E-state index in [9.17, 15) is 14.4 Å². The van der Waals surface area contributed by atoms with Crippen LogP contribution in [0.2, 0.25) is 20.1 Å². The summed E-state index contributed by atoms with van der Waals surface area (Å²) in [6, 6.07) is 15.0. The van der Waals surface area contributed by atoms with Crippen LogP contribution in [0.15, 0.2) is 59.6 Å². The molecule has 3 aromatic rings. The average molecular weight is 621 g/mol. The standard InChI is InChI=1S/C29H25Cl4N3O4/c1-2-25(38)34-10-5-11-40-24-9-8-17(30)13-20(24)29(39)36-28-23(37)12-16-6-3-4-7-19(16)27(35-28)26-21(32)14-18(31)15-22(26)33/h3-4,6-9,13-15,28H,2,5,10-12H2,1H3,(H,34,38)(H,36,39). The third-order valence-corrected chi connectivity index (χ3v) is 7.17. The number of nitrogens with one attached hydrogen (secondary N) is 2. The number of benzene rings is 3. The van der Waals surface area contributed by atoms with E-state index in [4.69, 9.17) is 51.1 Å². The Balaban J connectivity index is 1.63. The highest BCUT2D eigenvalue weighted by molar-refractivity contribution is 6.43. The van der Waals surface area contributed by atoms with Crippen molar-refractivity contribution in [3.8, 4) is 5.75 Å². The molecule has 1 heterocycles. The fraction of sp³-hybridized carbons (Fsp3) is 0.241. The van der Waals surface area contributed by atoms with Crippen LogP contribution < -0.4 is 15.4 Å². The first-order chi connectivity index (χ1) is 19.2. The third-order valence-electron chi connectivity index (χ3n) is 6.12. The summed E-state index contributed by atoms with van der Waals surface area (Å²) >= 11 is 25.4. The molecule has 40 heavy (non-hydrogen) atoms. The summed E-state index contributed by atoms with van der Waals surface area (Å²) in [7, 11) is 0. The summed E-state index contributed by atoms with van der Waals surface area (Å²) in [6.07, 6.45) is -0.285. The quantitative estimate of drug-likeness (QED) is 0.274. The third kappa shape index (κ3) is 7.15. The first-order valence-corrected chi connectivity index (χ1v) is 14.0. The Kier molecular flexibility index (Phi) is 10.1. The van der Waals surface area contributed by atoms with Gasteiger partial charge in [0.05, 0.1) is 27.9 Å². The van der Waals surface area contributed by atoms with Gasteiger partial charge in [-0.25, -0.2) is 0 Å². The Morgan fingerprint density at radius 3 is 2.45 bits per heavy atom. The average Bonchev–Trinajstić information content (AvgIpc) is 3.04. The molecule has 0 aromatic heterocycles. The molecule has 4 rings (SSSR count). The van der Waals surface area contributed by atoms with Crippen LogP contribution in [0.1, 0.15) is 46.8 Å². The summed E-state index contributed by atoms with van der Waals surface area (Å²) in [6.45, 7) is 2.46. The molecule has 0 bridgehead atoms. The number of halogens is 4. The van der Waals surface area contributed by atoms with E-state index in [1.54, 1.807) is 31.2 Å². The zero-order chi connectivity index (χ0) is 28.8. The molecule has 0 radical (unpaired) electrons. The Morgan fingerprint density at radius 1 is 1.00 bits per heavy atom. The molecule has 0 fully saturated rings. The highest BCUT2D eigenvalue weighted by atomic mass is 35.5. The second-order valence-electron chi connectivity index (χ2n) is 8.94. The van der Waals surface area contributed by atoms with E-state index in [-0.39, 0.29) is 46.1 Å². The highest BCUT2D eigenvalue weighted by Crippen LogP contribution is 2.33. The number of fused-ring (bicyclic) bond motifs is 1. The maximum atomic E-state index is 13.5. The lowest BCUT2D eigenvalue weighted by Gasteiger charge is -2.17. The Hall–Kier alpha value is -3.10. The number of hydrogen-bond acceptors (Lipinski definition) is 5. The molecule has 2 N–H and O–H groups in total. The lowest BCUT2D eigenvalue weighted by Crippen LogP contribution is -2.40. The maximum Gasteiger partial charge on any atom is 0.257 e. The minimum atomic E-state index is -1.24. The zero-order valence-corrected chi connectivity index (χ0v) is 24.4. The second kappa shape index (κ2) is 13.5. The molecule has 1 unspecified atom stereocenters. The van der Waals surface area contributed by atoms with Crippen LogP contribution in [0.25, 0.3) is 0 Å². The van der Waals surface area contributed by atoms with Crippen LogP contribution in [0, 0.1) is 0 Å². The van der Waals surface area contributed by atoms with E-state index in [2.05, 4.69) is 15.6 Å². The van der Waals surface area contributed by atoms with Crippen molar-refractivity contribution in [2.75, 3.05) is 13.2 Å². The van der Waals surface area contributed by atoms with E-state index in [1.165, 1.54) is 6.07 Å². The summed E-state index contributed by atoms with van der Waals surface area (Å²) in [5.74, 6) is -0.699. The number of ether oxygens (including phenoxy) is 1. The summed E-state index contributed by atoms with van der Waals surface area (Å²) in [4.78, 5) is 42.9. The molecule has 3 aromatic carbocycles. The van der Waals surface area contributed by atoms with Crippen LogP contribution in [0.3, 0.4) is 0 Å². The normalized spacial score (nSPS) is 14.6. The van der Waals surface area contributed by atoms with Gasteiger partial charge in [0.1, 0.15) is 5.75 Å². The molecule has 1 aliphatic rings. The predicted molar refractivity (Wildman–Crippen MR) is 158 cm³/mol. The van der Waals surface area contributed by atoms with Crippen LogP contribution in [0.5, 0.6) is 5.75 Å². The van der Waals surface area contributed by atoms with Crippen molar-refractivity contribution >= 4 is 69.7 Å². The number of carbonyl (C=O) groups excluding carboxylic acids is 3. The molecule has 1 aliphatic heterocycles. The van der Waals surface area contributed by atoms with Crippen molar-refractivity contribution in [2.24, 2.45) is 4.99 Å². The van der Waals surface area contributed by atoms with Gasteiger partial charge in [-0.3, -0.25) is 19.4 Å². The molecule has 0 spiro atoms. The number of hydrogen-bond donors (Lipinski definition) is 2. The van der Waals surface area contributed by atoms with Crippen LogP contribution in [-0.2, 0) is 16.0 Å². The van der Waals surface area contributed by atoms with E-state index in [0.717, 1.165) is 0 Å². The minimum Gasteiger partial charge on any atom is -0.493 e. The first kappa shape index (κ1) is 29.9. The van der Waals surface area contributed by atoms with Gasteiger partial charge in [-0.1, -0.05) is 77.6 Å². The van der Waals surface area contributed by atoms with Crippen LogP contribution in [-0.4, -0.2) is 42.6 Å². The molecule has 2 amide bonds. The van der Waals surface area contributed by atoms with E-state index < -0.39 is 12.1 Å². The van der Waals surface area contributed by atoms with Gasteiger partial charge in [-0.2, -0.15) is 0 Å². The molecule has 0 saturated carbocycles. The van der Waals surface area contributed by atoms with E-state index in [0.29, 0.717) is 51.8 Å². The van der Waals surface area contributed by atoms with Crippen LogP contribution >= 0.6 is 46.4 Å². The molecule has 1 atom stereocenters. The lowest BCUT2D eigenvalue weighted by atomic mass is 9.96. The van der Waals surface area contributed by atoms with E-state index in [1.807, 2.05) is 24.3 Å². The van der Waals surface area contributed by atoms with Crippen LogP contribution in [0.4, 0.5) is 0 Å². The largest absolute Gasteiger partial charge is 0.493 e. The fourth-order valence-corrected chi connectivity index (χ4v) is 5.32. The molecular formula is C29H25Cl4N3O4. The fourth-order valence-electron chi connectivity index (χ4n) is 4.16. The smallest absolute Gasteiger partial charge is 0.257 e. The zero-order valence-electron chi connectivity index (χ0n) is 21.4. The monoisotopic (exact) mass is 619 g/mol. The molecular weight excluding hydrogens is 596 g/mol. The topological polar surface area (TPSA) is 96.9 Å². The number of rotatable bonds is 9. The van der Waals surface area contributed by atoms with E-state index >= 15 is 0 Å². The van der Waals surface area contributed by atoms with Gasteiger partial charge in [-0.05, 0) is 42.3 Å². The highest BCUT2D eigenvalue weighted by Gasteiger charge is 2.30. The van der Waals surface area contributed by atoms with Gasteiger partial charge in [-0.15, -0.1) is 0 Å². The van der Waals surface area contributed by atoms with Crippen molar-refractivity contribution in [2.45, 2.75) is 32.4 Å². The van der Waals surface area contributed by atoms with Gasteiger partial charge >= 0.3 is 0 Å². The molecule has 0 aliphatic carbocycles. The minimum absolute atomic E-state index is 0.0271. The number of carbonyl (C=O) groups is 3. The Morgan fingerprint density at radius 2 is 1.73 bits per heavy atom. The van der Waals surface area contributed by atoms with Gasteiger partial charge in [0.15, 0.2) is 11.9 Å². The summed E-state index contributed by atoms with van der Waals surface area (Å²) in [5.41, 5.74) is 2.28. The summed E-state index contributed by atoms with van der Waals surface area (Å²) in [5, 5.41) is 6.66. The van der Waals surface area contributed by atoms with Crippen molar-refractivity contribution in [1.29, 1.82) is 0 Å². The number of aliphatic imine (C=N–C) groups is 1. The SMILES string of the molecule is CCC(=O)NCCCOc1ccc(Cl)cc1C(=O)NC1N=C(c2c(Cl)cc(Cl)cc2Cl)c2ccccc2CC1=O.